The van der Waals surface area contributed by atoms with Crippen molar-refractivity contribution in [1.29, 1.82) is 0 Å². The zero-order chi connectivity index (χ0) is 26.3. The predicted molar refractivity (Wildman–Crippen MR) is 160 cm³/mol. The molecule has 0 unspecified atom stereocenters. The number of benzene rings is 5. The number of fused-ring (bicyclic) bond motifs is 1. The molecule has 6 rings (SSSR count). The van der Waals surface area contributed by atoms with Gasteiger partial charge in [-0.3, -0.25) is 0 Å². The van der Waals surface area contributed by atoms with Crippen LogP contribution in [0.15, 0.2) is 121 Å². The van der Waals surface area contributed by atoms with Crippen molar-refractivity contribution in [3.05, 3.63) is 121 Å². The van der Waals surface area contributed by atoms with E-state index in [0.717, 1.165) is 28.1 Å². The highest BCUT2D eigenvalue weighted by molar-refractivity contribution is 6.62. The Balaban J connectivity index is 1.32. The molecule has 0 radical (unpaired) electrons. The van der Waals surface area contributed by atoms with Gasteiger partial charge in [-0.25, -0.2) is 0 Å². The van der Waals surface area contributed by atoms with Crippen LogP contribution >= 0.6 is 0 Å². The first-order valence-electron chi connectivity index (χ1n) is 13.2. The van der Waals surface area contributed by atoms with E-state index < -0.39 is 0 Å². The smallest absolute Gasteiger partial charge is 0.399 e. The minimum absolute atomic E-state index is 0.346. The fraction of sp³-hybridized carbons (Fsp3) is 0.176. The Morgan fingerprint density at radius 2 is 1.05 bits per heavy atom. The first-order chi connectivity index (χ1) is 18.3. The molecule has 5 aromatic carbocycles. The van der Waals surface area contributed by atoms with Crippen molar-refractivity contribution in [3.63, 3.8) is 0 Å². The van der Waals surface area contributed by atoms with Crippen LogP contribution < -0.4 is 10.4 Å². The lowest BCUT2D eigenvalue weighted by Gasteiger charge is -2.32. The highest BCUT2D eigenvalue weighted by atomic mass is 16.7. The van der Waals surface area contributed by atoms with Crippen LogP contribution in [0.3, 0.4) is 0 Å². The van der Waals surface area contributed by atoms with Crippen molar-refractivity contribution < 1.29 is 9.31 Å². The molecule has 5 aromatic rings. The van der Waals surface area contributed by atoms with E-state index in [1.807, 2.05) is 0 Å². The lowest BCUT2D eigenvalue weighted by Crippen LogP contribution is -2.41. The second-order valence-electron chi connectivity index (χ2n) is 10.9. The molecule has 4 heteroatoms. The Kier molecular flexibility index (Phi) is 6.10. The van der Waals surface area contributed by atoms with E-state index in [-0.39, 0.29) is 18.3 Å². The van der Waals surface area contributed by atoms with E-state index in [9.17, 15) is 0 Å². The summed E-state index contributed by atoms with van der Waals surface area (Å²) in [5, 5.41) is 2.45. The molecule has 38 heavy (non-hydrogen) atoms. The van der Waals surface area contributed by atoms with Gasteiger partial charge in [0, 0.05) is 16.8 Å². The molecular formula is C34H32BNO2. The summed E-state index contributed by atoms with van der Waals surface area (Å²) in [5.41, 5.74) is 6.08. The van der Waals surface area contributed by atoms with Crippen LogP contribution in [-0.4, -0.2) is 18.3 Å². The highest BCUT2D eigenvalue weighted by Gasteiger charge is 2.51. The topological polar surface area (TPSA) is 21.7 Å². The Hall–Kier alpha value is -3.86. The second kappa shape index (κ2) is 9.47. The first-order valence-corrected chi connectivity index (χ1v) is 13.2. The third kappa shape index (κ3) is 4.40. The third-order valence-corrected chi connectivity index (χ3v) is 7.92. The average Bonchev–Trinajstić information content (AvgIpc) is 3.16. The van der Waals surface area contributed by atoms with Gasteiger partial charge in [-0.2, -0.15) is 0 Å². The fourth-order valence-electron chi connectivity index (χ4n) is 5.02. The monoisotopic (exact) mass is 497 g/mol. The van der Waals surface area contributed by atoms with E-state index in [1.54, 1.807) is 0 Å². The van der Waals surface area contributed by atoms with Gasteiger partial charge in [0.05, 0.1) is 16.9 Å². The van der Waals surface area contributed by atoms with Crippen LogP contribution in [0.25, 0.3) is 21.9 Å². The van der Waals surface area contributed by atoms with E-state index in [4.69, 9.17) is 9.31 Å². The number of nitrogens with zero attached hydrogens (tertiary/aromatic N) is 1. The number of para-hydroxylation sites is 1. The molecule has 1 saturated heterocycles. The number of anilines is 3. The third-order valence-electron chi connectivity index (χ3n) is 7.92. The standard InChI is InChI=1S/C34H32BNO2/c1-33(2)34(3,4)38-35(37-33)28-21-17-25(18-22-28)26-19-23-30(24-20-26)36(29-13-6-5-7-14-29)32-16-10-12-27-11-8-9-15-31(27)32/h5-24H,1-4H3. The molecule has 1 aliphatic rings. The molecule has 0 bridgehead atoms. The van der Waals surface area contributed by atoms with Crippen molar-refractivity contribution in [1.82, 2.24) is 0 Å². The van der Waals surface area contributed by atoms with Crippen molar-refractivity contribution >= 4 is 40.4 Å². The summed E-state index contributed by atoms with van der Waals surface area (Å²) in [6, 6.07) is 42.9. The number of hydrogen-bond acceptors (Lipinski definition) is 3. The van der Waals surface area contributed by atoms with Crippen LogP contribution in [0, 0.1) is 0 Å². The minimum Gasteiger partial charge on any atom is -0.399 e. The maximum Gasteiger partial charge on any atom is 0.494 e. The first kappa shape index (κ1) is 24.5. The highest BCUT2D eigenvalue weighted by Crippen LogP contribution is 2.39. The van der Waals surface area contributed by atoms with Crippen LogP contribution in [0.4, 0.5) is 17.1 Å². The predicted octanol–water partition coefficient (Wildman–Crippen LogP) is 8.28. The van der Waals surface area contributed by atoms with E-state index in [2.05, 4.69) is 154 Å². The summed E-state index contributed by atoms with van der Waals surface area (Å²) in [7, 11) is -0.350. The van der Waals surface area contributed by atoms with Gasteiger partial charge in [0.1, 0.15) is 0 Å². The van der Waals surface area contributed by atoms with Gasteiger partial charge in [0.25, 0.3) is 0 Å². The number of hydrogen-bond donors (Lipinski definition) is 0. The number of rotatable bonds is 5. The van der Waals surface area contributed by atoms with E-state index in [0.29, 0.717) is 0 Å². The molecule has 1 heterocycles. The summed E-state index contributed by atoms with van der Waals surface area (Å²) < 4.78 is 12.4. The molecule has 0 spiro atoms. The van der Waals surface area contributed by atoms with Crippen molar-refractivity contribution in [2.24, 2.45) is 0 Å². The zero-order valence-corrected chi connectivity index (χ0v) is 22.4. The molecule has 0 aromatic heterocycles. The van der Waals surface area contributed by atoms with Crippen molar-refractivity contribution in [3.8, 4) is 11.1 Å². The molecule has 3 nitrogen and oxygen atoms in total. The lowest BCUT2D eigenvalue weighted by molar-refractivity contribution is 0.00578. The molecule has 0 atom stereocenters. The van der Waals surface area contributed by atoms with Gasteiger partial charge in [-0.15, -0.1) is 0 Å². The molecule has 188 valence electrons. The van der Waals surface area contributed by atoms with Gasteiger partial charge in [0.2, 0.25) is 0 Å². The van der Waals surface area contributed by atoms with Crippen molar-refractivity contribution in [2.75, 3.05) is 4.90 Å². The van der Waals surface area contributed by atoms with Gasteiger partial charge >= 0.3 is 7.12 Å². The Bertz CT molecular complexity index is 1540. The summed E-state index contributed by atoms with van der Waals surface area (Å²) in [4.78, 5) is 2.33. The average molecular weight is 497 g/mol. The second-order valence-corrected chi connectivity index (χ2v) is 10.9. The van der Waals surface area contributed by atoms with Gasteiger partial charge in [-0.05, 0) is 80.0 Å². The molecule has 1 aliphatic heterocycles. The van der Waals surface area contributed by atoms with Crippen LogP contribution in [-0.2, 0) is 9.31 Å². The zero-order valence-electron chi connectivity index (χ0n) is 22.4. The SMILES string of the molecule is CC1(C)OB(c2ccc(-c3ccc(N(c4ccccc4)c4cccc5ccccc45)cc3)cc2)OC1(C)C. The normalized spacial score (nSPS) is 16.1. The summed E-state index contributed by atoms with van der Waals surface area (Å²) in [6.45, 7) is 8.33. The Morgan fingerprint density at radius 1 is 0.526 bits per heavy atom. The molecule has 0 N–H and O–H groups in total. The molecule has 1 fully saturated rings. The van der Waals surface area contributed by atoms with Crippen LogP contribution in [0.1, 0.15) is 27.7 Å². The molecular weight excluding hydrogens is 465 g/mol. The van der Waals surface area contributed by atoms with Crippen LogP contribution in [0.2, 0.25) is 0 Å². The van der Waals surface area contributed by atoms with Gasteiger partial charge in [0.15, 0.2) is 0 Å². The maximum absolute atomic E-state index is 6.22. The maximum atomic E-state index is 6.22. The molecule has 0 amide bonds. The van der Waals surface area contributed by atoms with Gasteiger partial charge in [-0.1, -0.05) is 91.0 Å². The fourth-order valence-corrected chi connectivity index (χ4v) is 5.02. The molecule has 0 saturated carbocycles. The lowest BCUT2D eigenvalue weighted by atomic mass is 9.78. The van der Waals surface area contributed by atoms with Crippen LogP contribution in [0.5, 0.6) is 0 Å². The summed E-state index contributed by atoms with van der Waals surface area (Å²) in [5.74, 6) is 0. The molecule has 0 aliphatic carbocycles. The quantitative estimate of drug-likeness (QED) is 0.228. The largest absolute Gasteiger partial charge is 0.494 e. The van der Waals surface area contributed by atoms with Gasteiger partial charge < -0.3 is 14.2 Å². The summed E-state index contributed by atoms with van der Waals surface area (Å²) >= 11 is 0. The Labute approximate surface area is 225 Å². The minimum atomic E-state index is -0.350. The summed E-state index contributed by atoms with van der Waals surface area (Å²) in [6.07, 6.45) is 0. The van der Waals surface area contributed by atoms with E-state index in [1.165, 1.54) is 16.3 Å². The van der Waals surface area contributed by atoms with E-state index >= 15 is 0 Å². The Morgan fingerprint density at radius 3 is 1.71 bits per heavy atom. The van der Waals surface area contributed by atoms with Crippen molar-refractivity contribution in [2.45, 2.75) is 38.9 Å².